The predicted octanol–water partition coefficient (Wildman–Crippen LogP) is 5.50. The van der Waals surface area contributed by atoms with Gasteiger partial charge in [0.25, 0.3) is 0 Å². The first kappa shape index (κ1) is 18.3. The zero-order chi connectivity index (χ0) is 14.2. The van der Waals surface area contributed by atoms with E-state index in [0.29, 0.717) is 6.61 Å². The molecule has 0 aromatic rings. The van der Waals surface area contributed by atoms with E-state index in [1.165, 1.54) is 64.2 Å². The van der Waals surface area contributed by atoms with Crippen molar-refractivity contribution in [2.45, 2.75) is 83.7 Å². The van der Waals surface area contributed by atoms with Crippen molar-refractivity contribution in [3.63, 3.8) is 0 Å². The SMILES string of the molecule is C#CCOC(C=C)CCCCCCCCCCCC. The zero-order valence-corrected chi connectivity index (χ0v) is 12.8. The molecule has 0 amide bonds. The van der Waals surface area contributed by atoms with Gasteiger partial charge in [-0.2, -0.15) is 0 Å². The van der Waals surface area contributed by atoms with Crippen molar-refractivity contribution in [1.29, 1.82) is 0 Å². The maximum atomic E-state index is 5.47. The summed E-state index contributed by atoms with van der Waals surface area (Å²) in [4.78, 5) is 0. The second-order valence-electron chi connectivity index (χ2n) is 5.26. The highest BCUT2D eigenvalue weighted by Crippen LogP contribution is 2.13. The van der Waals surface area contributed by atoms with Crippen LogP contribution in [0.5, 0.6) is 0 Å². The van der Waals surface area contributed by atoms with Crippen molar-refractivity contribution in [3.8, 4) is 12.3 Å². The Kier molecular flexibility index (Phi) is 14.7. The molecule has 0 aromatic carbocycles. The van der Waals surface area contributed by atoms with Gasteiger partial charge in [0.2, 0.25) is 0 Å². The molecule has 0 aliphatic rings. The average Bonchev–Trinajstić information content (AvgIpc) is 2.44. The van der Waals surface area contributed by atoms with Crippen LogP contribution in [0.4, 0.5) is 0 Å². The summed E-state index contributed by atoms with van der Waals surface area (Å²) in [6.07, 6.45) is 21.9. The quantitative estimate of drug-likeness (QED) is 0.229. The lowest BCUT2D eigenvalue weighted by atomic mass is 10.0. The fourth-order valence-electron chi connectivity index (χ4n) is 2.26. The molecule has 0 aromatic heterocycles. The molecule has 0 aliphatic carbocycles. The lowest BCUT2D eigenvalue weighted by molar-refractivity contribution is 0.105. The lowest BCUT2D eigenvalue weighted by Crippen LogP contribution is -2.09. The van der Waals surface area contributed by atoms with Crippen molar-refractivity contribution in [2.24, 2.45) is 0 Å². The van der Waals surface area contributed by atoms with Crippen LogP contribution in [-0.2, 0) is 4.74 Å². The van der Waals surface area contributed by atoms with E-state index in [0.717, 1.165) is 6.42 Å². The topological polar surface area (TPSA) is 9.23 Å². The van der Waals surface area contributed by atoms with E-state index in [9.17, 15) is 0 Å². The summed E-state index contributed by atoms with van der Waals surface area (Å²) < 4.78 is 5.47. The molecule has 110 valence electrons. The molecule has 0 bridgehead atoms. The number of ether oxygens (including phenoxy) is 1. The van der Waals surface area contributed by atoms with Gasteiger partial charge in [0, 0.05) is 0 Å². The van der Waals surface area contributed by atoms with Gasteiger partial charge in [-0.05, 0) is 6.42 Å². The van der Waals surface area contributed by atoms with Gasteiger partial charge in [-0.3, -0.25) is 0 Å². The first-order chi connectivity index (χ1) is 9.35. The van der Waals surface area contributed by atoms with Gasteiger partial charge in [-0.1, -0.05) is 83.1 Å². The van der Waals surface area contributed by atoms with E-state index in [4.69, 9.17) is 11.2 Å². The summed E-state index contributed by atoms with van der Waals surface area (Å²) in [6.45, 7) is 6.45. The van der Waals surface area contributed by atoms with Gasteiger partial charge in [-0.15, -0.1) is 13.0 Å². The molecule has 1 unspecified atom stereocenters. The Balaban J connectivity index is 3.21. The maximum Gasteiger partial charge on any atom is 0.108 e. The molecule has 0 rings (SSSR count). The van der Waals surface area contributed by atoms with E-state index >= 15 is 0 Å². The summed E-state index contributed by atoms with van der Waals surface area (Å²) >= 11 is 0. The zero-order valence-electron chi connectivity index (χ0n) is 12.8. The first-order valence-corrected chi connectivity index (χ1v) is 8.02. The molecular formula is C18H32O. The van der Waals surface area contributed by atoms with Crippen molar-refractivity contribution in [2.75, 3.05) is 6.61 Å². The maximum absolute atomic E-state index is 5.47. The van der Waals surface area contributed by atoms with Crippen LogP contribution in [0.15, 0.2) is 12.7 Å². The standard InChI is InChI=1S/C18H32O/c1-4-7-8-9-10-11-12-13-14-15-16-18(6-3)19-17-5-2/h2,6,18H,3-4,7-17H2,1H3. The monoisotopic (exact) mass is 264 g/mol. The molecule has 0 saturated carbocycles. The Hall–Kier alpha value is -0.740. The smallest absolute Gasteiger partial charge is 0.108 e. The van der Waals surface area contributed by atoms with Gasteiger partial charge in [0.15, 0.2) is 0 Å². The van der Waals surface area contributed by atoms with Crippen LogP contribution >= 0.6 is 0 Å². The molecule has 0 saturated heterocycles. The highest BCUT2D eigenvalue weighted by atomic mass is 16.5. The largest absolute Gasteiger partial charge is 0.362 e. The minimum absolute atomic E-state index is 0.144. The van der Waals surface area contributed by atoms with E-state index < -0.39 is 0 Å². The molecule has 0 fully saturated rings. The lowest BCUT2D eigenvalue weighted by Gasteiger charge is -2.11. The average molecular weight is 264 g/mol. The van der Waals surface area contributed by atoms with Crippen molar-refractivity contribution in [1.82, 2.24) is 0 Å². The van der Waals surface area contributed by atoms with Crippen LogP contribution in [-0.4, -0.2) is 12.7 Å². The van der Waals surface area contributed by atoms with Gasteiger partial charge in [0.1, 0.15) is 6.61 Å². The molecule has 0 N–H and O–H groups in total. The van der Waals surface area contributed by atoms with Crippen LogP contribution < -0.4 is 0 Å². The van der Waals surface area contributed by atoms with Gasteiger partial charge in [-0.25, -0.2) is 0 Å². The Labute approximate surface area is 120 Å². The van der Waals surface area contributed by atoms with E-state index in [1.807, 2.05) is 6.08 Å². The summed E-state index contributed by atoms with van der Waals surface area (Å²) in [5, 5.41) is 0. The Morgan fingerprint density at radius 2 is 1.53 bits per heavy atom. The minimum atomic E-state index is 0.144. The fourth-order valence-corrected chi connectivity index (χ4v) is 2.26. The van der Waals surface area contributed by atoms with E-state index in [2.05, 4.69) is 19.4 Å². The van der Waals surface area contributed by atoms with Gasteiger partial charge in [0.05, 0.1) is 6.10 Å². The second kappa shape index (κ2) is 15.3. The predicted molar refractivity (Wildman–Crippen MR) is 85.2 cm³/mol. The molecule has 19 heavy (non-hydrogen) atoms. The van der Waals surface area contributed by atoms with Crippen molar-refractivity contribution < 1.29 is 4.74 Å². The Morgan fingerprint density at radius 3 is 2.00 bits per heavy atom. The number of rotatable bonds is 14. The Morgan fingerprint density at radius 1 is 1.00 bits per heavy atom. The summed E-state index contributed by atoms with van der Waals surface area (Å²) in [7, 11) is 0. The van der Waals surface area contributed by atoms with E-state index in [1.54, 1.807) is 0 Å². The molecule has 1 nitrogen and oxygen atoms in total. The number of unbranched alkanes of at least 4 members (excludes halogenated alkanes) is 9. The third kappa shape index (κ3) is 13.5. The first-order valence-electron chi connectivity index (χ1n) is 8.02. The van der Waals surface area contributed by atoms with Crippen LogP contribution in [0.3, 0.4) is 0 Å². The van der Waals surface area contributed by atoms with E-state index in [-0.39, 0.29) is 6.10 Å². The number of hydrogen-bond acceptors (Lipinski definition) is 1. The van der Waals surface area contributed by atoms with Gasteiger partial charge < -0.3 is 4.74 Å². The van der Waals surface area contributed by atoms with Crippen LogP contribution in [0.1, 0.15) is 77.6 Å². The number of hydrogen-bond donors (Lipinski definition) is 0. The fraction of sp³-hybridized carbons (Fsp3) is 0.778. The summed E-state index contributed by atoms with van der Waals surface area (Å²) in [5.41, 5.74) is 0. The van der Waals surface area contributed by atoms with Crippen LogP contribution in [0.25, 0.3) is 0 Å². The Bertz CT molecular complexity index is 226. The van der Waals surface area contributed by atoms with Gasteiger partial charge >= 0.3 is 0 Å². The minimum Gasteiger partial charge on any atom is -0.362 e. The van der Waals surface area contributed by atoms with Crippen molar-refractivity contribution in [3.05, 3.63) is 12.7 Å². The number of terminal acetylenes is 1. The molecule has 0 spiro atoms. The molecule has 1 heteroatoms. The molecule has 0 radical (unpaired) electrons. The third-order valence-electron chi connectivity index (χ3n) is 3.49. The van der Waals surface area contributed by atoms with Crippen LogP contribution in [0.2, 0.25) is 0 Å². The second-order valence-corrected chi connectivity index (χ2v) is 5.26. The summed E-state index contributed by atoms with van der Waals surface area (Å²) in [5.74, 6) is 2.50. The summed E-state index contributed by atoms with van der Waals surface area (Å²) in [6, 6.07) is 0. The molecule has 0 aliphatic heterocycles. The molecule has 1 atom stereocenters. The normalized spacial score (nSPS) is 12.0. The highest BCUT2D eigenvalue weighted by Gasteiger charge is 2.02. The van der Waals surface area contributed by atoms with Crippen molar-refractivity contribution >= 4 is 0 Å². The molecule has 0 heterocycles. The third-order valence-corrected chi connectivity index (χ3v) is 3.49. The molecular weight excluding hydrogens is 232 g/mol. The highest BCUT2D eigenvalue weighted by molar-refractivity contribution is 4.86. The van der Waals surface area contributed by atoms with Crippen LogP contribution in [0, 0.1) is 12.3 Å².